The largest absolute Gasteiger partial charge is 0.456 e. The van der Waals surface area contributed by atoms with Crippen LogP contribution in [0.3, 0.4) is 0 Å². The molecule has 11 aromatic rings. The molecular formula is C58H35N3O3. The van der Waals surface area contributed by atoms with Gasteiger partial charge in [0.25, 0.3) is 0 Å². The van der Waals surface area contributed by atoms with E-state index in [1.807, 2.05) is 78.9 Å². The van der Waals surface area contributed by atoms with Crippen LogP contribution < -0.4 is 9.47 Å². The summed E-state index contributed by atoms with van der Waals surface area (Å²) in [5.41, 5.74) is 12.3. The summed E-state index contributed by atoms with van der Waals surface area (Å²) in [6.07, 6.45) is 0. The van der Waals surface area contributed by atoms with Crippen molar-refractivity contribution in [2.75, 3.05) is 0 Å². The summed E-state index contributed by atoms with van der Waals surface area (Å²) < 4.78 is 20.3. The number of para-hydroxylation sites is 2. The third-order valence-electron chi connectivity index (χ3n) is 12.7. The highest BCUT2D eigenvalue weighted by atomic mass is 16.6. The van der Waals surface area contributed by atoms with E-state index in [0.29, 0.717) is 40.5 Å². The molecule has 3 heterocycles. The van der Waals surface area contributed by atoms with E-state index in [4.69, 9.17) is 28.8 Å². The third-order valence-corrected chi connectivity index (χ3v) is 12.7. The molecule has 0 N–H and O–H groups in total. The first-order valence-corrected chi connectivity index (χ1v) is 21.4. The van der Waals surface area contributed by atoms with Crippen LogP contribution in [0.15, 0.2) is 217 Å². The van der Waals surface area contributed by atoms with Gasteiger partial charge in [-0.2, -0.15) is 0 Å². The molecule has 0 radical (unpaired) electrons. The molecule has 13 rings (SSSR count). The predicted octanol–water partition coefficient (Wildman–Crippen LogP) is 14.7. The Hall–Kier alpha value is -8.61. The Kier molecular flexibility index (Phi) is 8.02. The summed E-state index contributed by atoms with van der Waals surface area (Å²) in [6, 6.07) is 73.1. The Morgan fingerprint density at radius 1 is 0.344 bits per heavy atom. The second-order valence-corrected chi connectivity index (χ2v) is 16.2. The van der Waals surface area contributed by atoms with Gasteiger partial charge >= 0.3 is 0 Å². The minimum Gasteiger partial charge on any atom is -0.456 e. The van der Waals surface area contributed by atoms with E-state index >= 15 is 0 Å². The molecule has 0 amide bonds. The molecule has 300 valence electrons. The molecule has 1 aliphatic carbocycles. The van der Waals surface area contributed by atoms with Gasteiger partial charge in [0.05, 0.1) is 5.41 Å². The second-order valence-electron chi connectivity index (χ2n) is 16.2. The number of furan rings is 1. The van der Waals surface area contributed by atoms with E-state index in [1.54, 1.807) is 0 Å². The molecule has 0 fully saturated rings. The Balaban J connectivity index is 0.939. The lowest BCUT2D eigenvalue weighted by Gasteiger charge is -2.34. The lowest BCUT2D eigenvalue weighted by Crippen LogP contribution is -2.28. The van der Waals surface area contributed by atoms with E-state index in [1.165, 1.54) is 16.7 Å². The fourth-order valence-electron chi connectivity index (χ4n) is 9.85. The van der Waals surface area contributed by atoms with Crippen LogP contribution >= 0.6 is 0 Å². The van der Waals surface area contributed by atoms with E-state index in [0.717, 1.165) is 66.4 Å². The average molecular weight is 822 g/mol. The van der Waals surface area contributed by atoms with E-state index < -0.39 is 5.41 Å². The van der Waals surface area contributed by atoms with Crippen LogP contribution in [0.1, 0.15) is 22.3 Å². The van der Waals surface area contributed by atoms with Crippen molar-refractivity contribution in [3.63, 3.8) is 0 Å². The zero-order chi connectivity index (χ0) is 42.2. The summed E-state index contributed by atoms with van der Waals surface area (Å²) in [4.78, 5) is 15.2. The molecule has 0 unspecified atom stereocenters. The number of hydrogen-bond donors (Lipinski definition) is 0. The molecule has 2 aromatic heterocycles. The lowest BCUT2D eigenvalue weighted by atomic mass is 9.68. The molecule has 9 aromatic carbocycles. The number of aromatic nitrogens is 3. The predicted molar refractivity (Wildman–Crippen MR) is 253 cm³/mol. The molecule has 0 atom stereocenters. The van der Waals surface area contributed by atoms with Crippen molar-refractivity contribution in [2.45, 2.75) is 5.41 Å². The number of ether oxygens (including phenoxy) is 2. The minimum absolute atomic E-state index is 0.551. The Bertz CT molecular complexity index is 3580. The van der Waals surface area contributed by atoms with Crippen LogP contribution in [-0.4, -0.2) is 15.0 Å². The van der Waals surface area contributed by atoms with Crippen molar-refractivity contribution >= 4 is 21.9 Å². The van der Waals surface area contributed by atoms with E-state index in [9.17, 15) is 0 Å². The maximum absolute atomic E-state index is 7.21. The molecule has 64 heavy (non-hydrogen) atoms. The summed E-state index contributed by atoms with van der Waals surface area (Å²) in [6.45, 7) is 0. The highest BCUT2D eigenvalue weighted by molar-refractivity contribution is 6.05. The molecule has 0 saturated carbocycles. The van der Waals surface area contributed by atoms with Crippen LogP contribution in [0.5, 0.6) is 23.0 Å². The highest BCUT2D eigenvalue weighted by Gasteiger charge is 2.48. The van der Waals surface area contributed by atoms with E-state index in [-0.39, 0.29) is 0 Å². The van der Waals surface area contributed by atoms with Gasteiger partial charge < -0.3 is 13.9 Å². The van der Waals surface area contributed by atoms with Gasteiger partial charge in [0.1, 0.15) is 11.2 Å². The van der Waals surface area contributed by atoms with Gasteiger partial charge in [0.2, 0.25) is 0 Å². The van der Waals surface area contributed by atoms with Gasteiger partial charge in [-0.1, -0.05) is 176 Å². The summed E-state index contributed by atoms with van der Waals surface area (Å²) in [5.74, 6) is 4.36. The van der Waals surface area contributed by atoms with Crippen molar-refractivity contribution in [3.05, 3.63) is 235 Å². The molecule has 6 nitrogen and oxygen atoms in total. The summed E-state index contributed by atoms with van der Waals surface area (Å²) in [7, 11) is 0. The molecule has 0 saturated heterocycles. The van der Waals surface area contributed by atoms with Gasteiger partial charge in [-0.3, -0.25) is 0 Å². The Labute approximate surface area is 368 Å². The normalized spacial score (nSPS) is 13.1. The molecule has 1 aliphatic heterocycles. The Morgan fingerprint density at radius 3 is 1.70 bits per heavy atom. The maximum Gasteiger partial charge on any atom is 0.178 e. The number of nitrogens with zero attached hydrogens (tertiary/aromatic N) is 3. The van der Waals surface area contributed by atoms with Gasteiger partial charge in [-0.05, 0) is 69.8 Å². The zero-order valence-corrected chi connectivity index (χ0v) is 34.3. The SMILES string of the molecule is c1ccc(-c2nc(-c3cccc(-c4cccc5c4Oc4c(ccc6c4-c4ccccc4C6(c4ccccc4)c4ccccc4)O5)c3)nc(-c3ccc4c(c3)oc3ccccc34)n2)cc1. The highest BCUT2D eigenvalue weighted by Crippen LogP contribution is 2.63. The molecule has 2 aliphatic rings. The number of fused-ring (bicyclic) bond motifs is 9. The summed E-state index contributed by atoms with van der Waals surface area (Å²) in [5, 5.41) is 2.12. The average Bonchev–Trinajstić information content (AvgIpc) is 3.90. The first-order chi connectivity index (χ1) is 31.7. The van der Waals surface area contributed by atoms with Gasteiger partial charge in [0.15, 0.2) is 40.5 Å². The minimum atomic E-state index is -0.569. The van der Waals surface area contributed by atoms with Gasteiger partial charge in [0, 0.05) is 38.6 Å². The maximum atomic E-state index is 7.21. The summed E-state index contributed by atoms with van der Waals surface area (Å²) >= 11 is 0. The fraction of sp³-hybridized carbons (Fsp3) is 0.0172. The van der Waals surface area contributed by atoms with Crippen molar-refractivity contribution < 1.29 is 13.9 Å². The van der Waals surface area contributed by atoms with Crippen molar-refractivity contribution in [2.24, 2.45) is 0 Å². The van der Waals surface area contributed by atoms with Crippen LogP contribution in [0.4, 0.5) is 0 Å². The first-order valence-electron chi connectivity index (χ1n) is 21.4. The van der Waals surface area contributed by atoms with Crippen molar-refractivity contribution in [1.29, 1.82) is 0 Å². The third kappa shape index (κ3) is 5.49. The molecule has 6 heteroatoms. The monoisotopic (exact) mass is 821 g/mol. The number of rotatable bonds is 6. The fourth-order valence-corrected chi connectivity index (χ4v) is 9.85. The Morgan fingerprint density at radius 2 is 0.922 bits per heavy atom. The standard InChI is InChI=1S/C58H35N3O3/c1-4-16-36(17-5-1)55-59-56(61-57(60-55)39-30-31-44-43-24-11-13-28-48(43)62-51(44)35-39)38-19-14-18-37(34-38)42-26-15-29-49-53(42)64-54-50(63-49)33-32-47-52(54)45-25-10-12-27-46(45)58(47,40-20-6-2-7-21-40)41-22-8-3-9-23-41/h1-35H. The zero-order valence-electron chi connectivity index (χ0n) is 34.3. The smallest absolute Gasteiger partial charge is 0.178 e. The second kappa shape index (κ2) is 14.2. The van der Waals surface area contributed by atoms with Crippen LogP contribution in [-0.2, 0) is 5.41 Å². The van der Waals surface area contributed by atoms with Crippen LogP contribution in [0, 0.1) is 0 Å². The van der Waals surface area contributed by atoms with Crippen LogP contribution in [0.25, 0.3) is 78.4 Å². The number of hydrogen-bond acceptors (Lipinski definition) is 6. The first kappa shape index (κ1) is 36.1. The van der Waals surface area contributed by atoms with Crippen LogP contribution in [0.2, 0.25) is 0 Å². The molecule has 0 spiro atoms. The number of benzene rings is 9. The van der Waals surface area contributed by atoms with Gasteiger partial charge in [-0.15, -0.1) is 0 Å². The molecule has 0 bridgehead atoms. The van der Waals surface area contributed by atoms with E-state index in [2.05, 4.69) is 133 Å². The topological polar surface area (TPSA) is 70.3 Å². The molecular weight excluding hydrogens is 787 g/mol. The van der Waals surface area contributed by atoms with Crippen molar-refractivity contribution in [1.82, 2.24) is 15.0 Å². The lowest BCUT2D eigenvalue weighted by molar-refractivity contribution is 0.361. The quantitative estimate of drug-likeness (QED) is 0.166. The van der Waals surface area contributed by atoms with Gasteiger partial charge in [-0.25, -0.2) is 15.0 Å². The van der Waals surface area contributed by atoms with Crippen molar-refractivity contribution in [3.8, 4) is 79.4 Å².